The molecule has 0 aromatic heterocycles. The van der Waals surface area contributed by atoms with Crippen molar-refractivity contribution in [2.75, 3.05) is 11.9 Å². The molecule has 2 aromatic carbocycles. The number of hydrogen-bond donors (Lipinski definition) is 3. The summed E-state index contributed by atoms with van der Waals surface area (Å²) in [5.74, 6) is 0. The van der Waals surface area contributed by atoms with E-state index in [2.05, 4.69) is 5.32 Å². The zero-order chi connectivity index (χ0) is 16.5. The predicted octanol–water partition coefficient (Wildman–Crippen LogP) is 0.385. The molecule has 6 heteroatoms. The van der Waals surface area contributed by atoms with E-state index in [-0.39, 0.29) is 17.9 Å². The van der Waals surface area contributed by atoms with Crippen LogP contribution < -0.4 is 21.9 Å². The molecule has 0 aliphatic heterocycles. The molecule has 0 aliphatic rings. The quantitative estimate of drug-likeness (QED) is 0.687. The van der Waals surface area contributed by atoms with Crippen LogP contribution in [0.2, 0.25) is 0 Å². The summed E-state index contributed by atoms with van der Waals surface area (Å²) in [6.07, 6.45) is 0. The number of aliphatic hydroxyl groups excluding tert-OH is 1. The number of nitriles is 1. The maximum atomic E-state index is 11.8. The van der Waals surface area contributed by atoms with Crippen LogP contribution >= 0.6 is 0 Å². The smallest absolute Gasteiger partial charge is 0.249 e. The average Bonchev–Trinajstić information content (AvgIpc) is 2.53. The second kappa shape index (κ2) is 5.72. The molecule has 0 heterocycles. The Morgan fingerprint density at radius 2 is 1.86 bits per heavy atom. The highest BCUT2D eigenvalue weighted by atomic mass is 16.3. The predicted molar refractivity (Wildman–Crippen MR) is 83.3 cm³/mol. The van der Waals surface area contributed by atoms with E-state index in [9.17, 15) is 14.7 Å². The number of aliphatic hydroxyl groups is 1. The molecule has 0 fully saturated rings. The minimum absolute atomic E-state index is 0.154. The van der Waals surface area contributed by atoms with Crippen LogP contribution in [0.3, 0.4) is 0 Å². The van der Waals surface area contributed by atoms with Gasteiger partial charge in [-0.25, -0.2) is 0 Å². The Labute approximate surface area is 127 Å². The summed E-state index contributed by atoms with van der Waals surface area (Å²) >= 11 is 0. The van der Waals surface area contributed by atoms with Crippen molar-refractivity contribution in [1.29, 1.82) is 5.26 Å². The van der Waals surface area contributed by atoms with Crippen LogP contribution in [-0.4, -0.2) is 17.3 Å². The second-order valence-corrected chi connectivity index (χ2v) is 5.83. The van der Waals surface area contributed by atoms with Crippen LogP contribution in [0.15, 0.2) is 33.9 Å². The van der Waals surface area contributed by atoms with Gasteiger partial charge in [-0.3, -0.25) is 9.59 Å². The van der Waals surface area contributed by atoms with Gasteiger partial charge in [-0.05, 0) is 31.5 Å². The van der Waals surface area contributed by atoms with Gasteiger partial charge in [0.2, 0.25) is 10.9 Å². The van der Waals surface area contributed by atoms with Crippen molar-refractivity contribution in [3.05, 3.63) is 61.4 Å². The molecule has 1 atom stereocenters. The van der Waals surface area contributed by atoms with Gasteiger partial charge in [0.05, 0.1) is 41.1 Å². The fraction of sp³-hybridized carbons (Fsp3) is 0.312. The van der Waals surface area contributed by atoms with E-state index in [1.807, 2.05) is 6.07 Å². The van der Waals surface area contributed by atoms with Crippen molar-refractivity contribution in [2.45, 2.75) is 25.4 Å². The summed E-state index contributed by atoms with van der Waals surface area (Å²) in [5.41, 5.74) is 5.58. The molecule has 0 saturated carbocycles. The molecule has 0 bridgehead atoms. The Bertz CT molecular complexity index is 794. The van der Waals surface area contributed by atoms with Gasteiger partial charge in [-0.1, -0.05) is 12.1 Å². The molecular formula is C16H17N3O3. The number of benzene rings is 1. The lowest BCUT2D eigenvalue weighted by molar-refractivity contribution is 0.234. The SMILES string of the molecule is CC(C)(CO)Nc1c(C(N)c2ccc(C#N)cc2)c(=O)c1=O. The minimum atomic E-state index is -0.755. The van der Waals surface area contributed by atoms with Gasteiger partial charge < -0.3 is 16.2 Å². The van der Waals surface area contributed by atoms with Crippen molar-refractivity contribution in [3.63, 3.8) is 0 Å². The van der Waals surface area contributed by atoms with Gasteiger partial charge in [0.1, 0.15) is 0 Å². The summed E-state index contributed by atoms with van der Waals surface area (Å²) in [6.45, 7) is 3.22. The Hall–Kier alpha value is -2.49. The third kappa shape index (κ3) is 2.77. The molecule has 6 nitrogen and oxygen atoms in total. The topological polar surface area (TPSA) is 116 Å². The van der Waals surface area contributed by atoms with Crippen LogP contribution in [0.5, 0.6) is 0 Å². The van der Waals surface area contributed by atoms with Gasteiger partial charge in [-0.15, -0.1) is 0 Å². The first-order chi connectivity index (χ1) is 10.3. The molecule has 0 amide bonds. The molecule has 0 radical (unpaired) electrons. The van der Waals surface area contributed by atoms with E-state index in [0.29, 0.717) is 11.1 Å². The summed E-state index contributed by atoms with van der Waals surface area (Å²) in [4.78, 5) is 23.6. The van der Waals surface area contributed by atoms with E-state index in [4.69, 9.17) is 11.0 Å². The fourth-order valence-corrected chi connectivity index (χ4v) is 2.14. The Morgan fingerprint density at radius 3 is 2.36 bits per heavy atom. The summed E-state index contributed by atoms with van der Waals surface area (Å²) in [7, 11) is 0. The molecule has 0 saturated heterocycles. The van der Waals surface area contributed by atoms with Crippen molar-refractivity contribution < 1.29 is 5.11 Å². The number of rotatable bonds is 5. The fourth-order valence-electron chi connectivity index (χ4n) is 2.14. The molecule has 4 N–H and O–H groups in total. The molecule has 2 rings (SSSR count). The van der Waals surface area contributed by atoms with E-state index in [0.717, 1.165) is 0 Å². The maximum absolute atomic E-state index is 11.8. The first-order valence-corrected chi connectivity index (χ1v) is 6.78. The van der Waals surface area contributed by atoms with Crippen molar-refractivity contribution >= 4 is 5.69 Å². The lowest BCUT2D eigenvalue weighted by Gasteiger charge is -2.28. The highest BCUT2D eigenvalue weighted by Crippen LogP contribution is 2.25. The largest absolute Gasteiger partial charge is 0.394 e. The van der Waals surface area contributed by atoms with Gasteiger partial charge in [0, 0.05) is 0 Å². The molecule has 1 unspecified atom stereocenters. The number of nitrogens with two attached hydrogens (primary N) is 1. The molecule has 0 aliphatic carbocycles. The van der Waals surface area contributed by atoms with Crippen LogP contribution in [-0.2, 0) is 0 Å². The van der Waals surface area contributed by atoms with Crippen LogP contribution in [0.4, 0.5) is 5.69 Å². The molecule has 22 heavy (non-hydrogen) atoms. The summed E-state index contributed by atoms with van der Waals surface area (Å²) < 4.78 is 0. The lowest BCUT2D eigenvalue weighted by atomic mass is 9.92. The van der Waals surface area contributed by atoms with Crippen molar-refractivity contribution in [1.82, 2.24) is 0 Å². The normalized spacial score (nSPS) is 12.9. The second-order valence-electron chi connectivity index (χ2n) is 5.83. The maximum Gasteiger partial charge on any atom is 0.249 e. The van der Waals surface area contributed by atoms with E-state index >= 15 is 0 Å². The Kier molecular flexibility index (Phi) is 4.13. The Balaban J connectivity index is 2.36. The number of nitrogens with zero attached hydrogens (tertiary/aromatic N) is 1. The summed E-state index contributed by atoms with van der Waals surface area (Å²) in [5, 5.41) is 20.9. The standard InChI is InChI=1S/C16H17N3O3/c1-16(2,8-20)19-13-11(14(21)15(13)22)12(18)10-5-3-9(7-17)4-6-10/h3-6,12,19-20H,8,18H2,1-2H3. The number of hydrogen-bond acceptors (Lipinski definition) is 6. The monoisotopic (exact) mass is 299 g/mol. The van der Waals surface area contributed by atoms with Gasteiger partial charge in [0.15, 0.2) is 0 Å². The van der Waals surface area contributed by atoms with E-state index < -0.39 is 22.4 Å². The first kappa shape index (κ1) is 15.9. The summed E-state index contributed by atoms with van der Waals surface area (Å²) in [6, 6.07) is 7.76. The van der Waals surface area contributed by atoms with Gasteiger partial charge >= 0.3 is 0 Å². The van der Waals surface area contributed by atoms with Gasteiger partial charge in [0.25, 0.3) is 0 Å². The molecule has 0 spiro atoms. The zero-order valence-corrected chi connectivity index (χ0v) is 12.4. The highest BCUT2D eigenvalue weighted by Gasteiger charge is 2.30. The van der Waals surface area contributed by atoms with Crippen molar-refractivity contribution in [2.24, 2.45) is 5.73 Å². The number of anilines is 1. The van der Waals surface area contributed by atoms with Crippen LogP contribution in [0.25, 0.3) is 0 Å². The Morgan fingerprint density at radius 1 is 1.27 bits per heavy atom. The van der Waals surface area contributed by atoms with Crippen LogP contribution in [0, 0.1) is 11.3 Å². The number of nitrogens with one attached hydrogen (secondary N) is 1. The van der Waals surface area contributed by atoms with Crippen LogP contribution in [0.1, 0.15) is 36.6 Å². The molecule has 114 valence electrons. The third-order valence-corrected chi connectivity index (χ3v) is 3.52. The van der Waals surface area contributed by atoms with E-state index in [1.54, 1.807) is 38.1 Å². The lowest BCUT2D eigenvalue weighted by Crippen LogP contribution is -2.47. The average molecular weight is 299 g/mol. The van der Waals surface area contributed by atoms with Crippen molar-refractivity contribution in [3.8, 4) is 6.07 Å². The third-order valence-electron chi connectivity index (χ3n) is 3.52. The minimum Gasteiger partial charge on any atom is -0.394 e. The first-order valence-electron chi connectivity index (χ1n) is 6.78. The zero-order valence-electron chi connectivity index (χ0n) is 12.4. The van der Waals surface area contributed by atoms with E-state index in [1.165, 1.54) is 0 Å². The highest BCUT2D eigenvalue weighted by molar-refractivity contribution is 5.61. The van der Waals surface area contributed by atoms with Gasteiger partial charge in [-0.2, -0.15) is 5.26 Å². The molecular weight excluding hydrogens is 282 g/mol. The molecule has 2 aromatic rings.